The third kappa shape index (κ3) is 2660. The van der Waals surface area contributed by atoms with Gasteiger partial charge in [-0.2, -0.15) is 0 Å². The summed E-state index contributed by atoms with van der Waals surface area (Å²) in [5.41, 5.74) is 0. The van der Waals surface area contributed by atoms with E-state index in [0.717, 1.165) is 13.8 Å². The van der Waals surface area contributed by atoms with E-state index < -0.39 is 11.9 Å². The SMILES string of the molecule is CC(=O)O.CC(=O)O.[Co].[H-].[Li+].[Ni]. The Morgan fingerprint density at radius 2 is 1.09 bits per heavy atom. The standard InChI is InChI=1S/2C2H4O2.Co.Li.Ni.H/c2*1-2(3)4;;;;/h2*1H3,(H,3,4);;;;/q;;;+1;;-1. The second kappa shape index (κ2) is 22.4. The number of rotatable bonds is 0. The van der Waals surface area contributed by atoms with Gasteiger partial charge in [-0.15, -0.1) is 0 Å². The van der Waals surface area contributed by atoms with Crippen LogP contribution < -0.4 is 18.9 Å². The minimum absolute atomic E-state index is 0. The second-order valence-electron chi connectivity index (χ2n) is 1.04. The van der Waals surface area contributed by atoms with Gasteiger partial charge < -0.3 is 11.6 Å². The molecule has 7 heteroatoms. The van der Waals surface area contributed by atoms with Crippen LogP contribution in [-0.2, 0) is 42.9 Å². The third-order valence-corrected chi connectivity index (χ3v) is 0. The summed E-state index contributed by atoms with van der Waals surface area (Å²) in [7, 11) is 0. The van der Waals surface area contributed by atoms with Crippen molar-refractivity contribution in [1.82, 2.24) is 0 Å². The fraction of sp³-hybridized carbons (Fsp3) is 0.500. The minimum atomic E-state index is -0.833. The Hall–Kier alpha value is 0.537. The molecule has 0 aromatic carbocycles. The molecule has 0 aromatic heterocycles. The van der Waals surface area contributed by atoms with Gasteiger partial charge in [0.1, 0.15) is 0 Å². The molecule has 0 saturated carbocycles. The van der Waals surface area contributed by atoms with E-state index >= 15 is 0 Å². The van der Waals surface area contributed by atoms with Crippen molar-refractivity contribution in [1.29, 1.82) is 0 Å². The van der Waals surface area contributed by atoms with Crippen molar-refractivity contribution in [3.63, 3.8) is 0 Å². The maximum absolute atomic E-state index is 9.00. The summed E-state index contributed by atoms with van der Waals surface area (Å²) in [4.78, 5) is 18.0. The van der Waals surface area contributed by atoms with Crippen LogP contribution in [0, 0.1) is 0 Å². The Morgan fingerprint density at radius 3 is 1.09 bits per heavy atom. The smallest absolute Gasteiger partial charge is 1.00 e. The van der Waals surface area contributed by atoms with E-state index in [4.69, 9.17) is 19.8 Å². The van der Waals surface area contributed by atoms with Crippen LogP contribution in [0.2, 0.25) is 0 Å². The van der Waals surface area contributed by atoms with Crippen molar-refractivity contribution in [3.05, 3.63) is 0 Å². The van der Waals surface area contributed by atoms with Crippen LogP contribution in [0.3, 0.4) is 0 Å². The summed E-state index contributed by atoms with van der Waals surface area (Å²) < 4.78 is 0. The van der Waals surface area contributed by atoms with E-state index in [1.165, 1.54) is 0 Å². The Kier molecular flexibility index (Phi) is 61.1. The normalized spacial score (nSPS) is 4.55. The van der Waals surface area contributed by atoms with Crippen LogP contribution in [-0.4, -0.2) is 22.2 Å². The van der Waals surface area contributed by atoms with Crippen LogP contribution in [0.25, 0.3) is 0 Å². The quantitative estimate of drug-likeness (QED) is 0.456. The largest absolute Gasteiger partial charge is 1.00 e. The Balaban J connectivity index is -0.0000000112. The molecule has 0 fully saturated rings. The van der Waals surface area contributed by atoms with Gasteiger partial charge in [0.25, 0.3) is 11.9 Å². The molecular weight excluding hydrogens is 237 g/mol. The van der Waals surface area contributed by atoms with Gasteiger partial charge >= 0.3 is 18.9 Å². The van der Waals surface area contributed by atoms with Gasteiger partial charge in [-0.1, -0.05) is 0 Å². The number of carboxylic acids is 2. The van der Waals surface area contributed by atoms with Gasteiger partial charge in [0.05, 0.1) is 0 Å². The van der Waals surface area contributed by atoms with Gasteiger partial charge in [0.15, 0.2) is 0 Å². The molecule has 0 bridgehead atoms. The number of hydrogen-bond donors (Lipinski definition) is 2. The van der Waals surface area contributed by atoms with Crippen molar-refractivity contribution in [2.45, 2.75) is 13.8 Å². The molecule has 0 rings (SSSR count). The molecule has 4 nitrogen and oxygen atoms in total. The van der Waals surface area contributed by atoms with Crippen LogP contribution in [0.4, 0.5) is 0 Å². The average Bonchev–Trinajstić information content (AvgIpc) is 1.25. The molecular formula is C4H9CoLiNiO4. The monoisotopic (exact) mass is 245 g/mol. The summed E-state index contributed by atoms with van der Waals surface area (Å²) in [6.07, 6.45) is 0. The first kappa shape index (κ1) is 30.0. The van der Waals surface area contributed by atoms with Gasteiger partial charge in [0, 0.05) is 47.1 Å². The molecule has 0 aliphatic carbocycles. The first-order chi connectivity index (χ1) is 3.46. The number of carbonyl (C=O) groups is 2. The van der Waals surface area contributed by atoms with E-state index in [1.54, 1.807) is 0 Å². The molecule has 0 spiro atoms. The molecule has 11 heavy (non-hydrogen) atoms. The van der Waals surface area contributed by atoms with E-state index in [1.807, 2.05) is 0 Å². The van der Waals surface area contributed by atoms with E-state index in [-0.39, 0.29) is 53.6 Å². The number of aliphatic carboxylic acids is 2. The molecule has 0 heterocycles. The average molecular weight is 246 g/mol. The predicted octanol–water partition coefficient (Wildman–Crippen LogP) is -2.71. The summed E-state index contributed by atoms with van der Waals surface area (Å²) in [6, 6.07) is 0. The zero-order valence-electron chi connectivity index (χ0n) is 7.36. The Morgan fingerprint density at radius 1 is 1.09 bits per heavy atom. The molecule has 69 valence electrons. The Bertz CT molecular complexity index is 85.1. The van der Waals surface area contributed by atoms with Gasteiger partial charge in [0.2, 0.25) is 0 Å². The first-order valence-electron chi connectivity index (χ1n) is 1.86. The van der Waals surface area contributed by atoms with Crippen LogP contribution in [0.1, 0.15) is 15.3 Å². The van der Waals surface area contributed by atoms with E-state index in [9.17, 15) is 0 Å². The second-order valence-corrected chi connectivity index (χ2v) is 1.04. The first-order valence-corrected chi connectivity index (χ1v) is 1.86. The molecule has 0 saturated heterocycles. The van der Waals surface area contributed by atoms with E-state index in [0.29, 0.717) is 0 Å². The predicted molar refractivity (Wildman–Crippen MR) is 27.7 cm³/mol. The maximum atomic E-state index is 9.00. The minimum Gasteiger partial charge on any atom is -1.00 e. The fourth-order valence-electron chi connectivity index (χ4n) is 0. The zero-order chi connectivity index (χ0) is 7.15. The summed E-state index contributed by atoms with van der Waals surface area (Å²) >= 11 is 0. The molecule has 2 N–H and O–H groups in total. The Labute approximate surface area is 98.9 Å². The molecule has 0 aromatic rings. The van der Waals surface area contributed by atoms with Crippen LogP contribution in [0.5, 0.6) is 0 Å². The van der Waals surface area contributed by atoms with Crippen molar-refractivity contribution < 1.29 is 73.4 Å². The molecule has 0 aliphatic rings. The number of hydrogen-bond acceptors (Lipinski definition) is 2. The molecule has 0 amide bonds. The topological polar surface area (TPSA) is 74.6 Å². The summed E-state index contributed by atoms with van der Waals surface area (Å²) in [5, 5.41) is 14.8. The van der Waals surface area contributed by atoms with Crippen LogP contribution in [0.15, 0.2) is 0 Å². The zero-order valence-corrected chi connectivity index (χ0v) is 8.39. The molecule has 0 unspecified atom stereocenters. The fourth-order valence-corrected chi connectivity index (χ4v) is 0. The maximum Gasteiger partial charge on any atom is 1.00 e. The van der Waals surface area contributed by atoms with Crippen molar-refractivity contribution in [2.75, 3.05) is 0 Å². The van der Waals surface area contributed by atoms with Gasteiger partial charge in [-0.3, -0.25) is 9.59 Å². The third-order valence-electron chi connectivity index (χ3n) is 0. The summed E-state index contributed by atoms with van der Waals surface area (Å²) in [6.45, 7) is 2.17. The number of carboxylic acid groups (broad SMARTS) is 2. The van der Waals surface area contributed by atoms with Crippen LogP contribution >= 0.6 is 0 Å². The molecule has 0 atom stereocenters. The van der Waals surface area contributed by atoms with E-state index in [2.05, 4.69) is 0 Å². The van der Waals surface area contributed by atoms with Crippen molar-refractivity contribution in [3.8, 4) is 0 Å². The van der Waals surface area contributed by atoms with Gasteiger partial charge in [-0.05, 0) is 0 Å². The van der Waals surface area contributed by atoms with Gasteiger partial charge in [-0.25, -0.2) is 0 Å². The summed E-state index contributed by atoms with van der Waals surface area (Å²) in [5.74, 6) is -1.67. The molecule has 1 radical (unpaired) electrons. The molecule has 0 aliphatic heterocycles. The van der Waals surface area contributed by atoms with Crippen molar-refractivity contribution in [2.24, 2.45) is 0 Å². The van der Waals surface area contributed by atoms with Crippen molar-refractivity contribution >= 4 is 11.9 Å².